The van der Waals surface area contributed by atoms with Gasteiger partial charge in [-0.1, -0.05) is 31.2 Å². The number of primary amides is 1. The second kappa shape index (κ2) is 6.25. The van der Waals surface area contributed by atoms with Gasteiger partial charge in [0.05, 0.1) is 5.75 Å². The molecule has 0 radical (unpaired) electrons. The van der Waals surface area contributed by atoms with Crippen LogP contribution < -0.4 is 11.1 Å². The van der Waals surface area contributed by atoms with E-state index in [0.29, 0.717) is 17.0 Å². The first-order chi connectivity index (χ1) is 8.72. The van der Waals surface area contributed by atoms with Crippen molar-refractivity contribution in [2.24, 2.45) is 5.73 Å². The van der Waals surface area contributed by atoms with Gasteiger partial charge in [-0.25, -0.2) is 0 Å². The Bertz CT molecular complexity index is 422. The second-order valence-electron chi connectivity index (χ2n) is 4.65. The Morgan fingerprint density at radius 2 is 2.28 bits per heavy atom. The quantitative estimate of drug-likeness (QED) is 0.824. The molecule has 1 aromatic carbocycles. The van der Waals surface area contributed by atoms with Crippen LogP contribution in [0.25, 0.3) is 0 Å². The Morgan fingerprint density at radius 1 is 1.50 bits per heavy atom. The number of nitrogens with two attached hydrogens (primary N) is 1. The Hall–Kier alpha value is -1.00. The zero-order valence-electron chi connectivity index (χ0n) is 10.7. The number of carbonyl (C=O) groups excluding carboxylic acids is 1. The fourth-order valence-electron chi connectivity index (χ4n) is 2.44. The highest BCUT2D eigenvalue weighted by Crippen LogP contribution is 2.38. The topological polar surface area (TPSA) is 55.1 Å². The summed E-state index contributed by atoms with van der Waals surface area (Å²) in [5.41, 5.74) is 8.02. The SMILES string of the molecule is CCCNC1c2ccccc2CC1SCC(N)=O. The lowest BCUT2D eigenvalue weighted by Crippen LogP contribution is -2.29. The lowest BCUT2D eigenvalue weighted by molar-refractivity contribution is -0.115. The third kappa shape index (κ3) is 3.06. The van der Waals surface area contributed by atoms with E-state index in [1.165, 1.54) is 11.1 Å². The maximum Gasteiger partial charge on any atom is 0.227 e. The van der Waals surface area contributed by atoms with E-state index >= 15 is 0 Å². The van der Waals surface area contributed by atoms with Crippen LogP contribution in [0.1, 0.15) is 30.5 Å². The van der Waals surface area contributed by atoms with Gasteiger partial charge in [0.15, 0.2) is 0 Å². The van der Waals surface area contributed by atoms with Gasteiger partial charge < -0.3 is 11.1 Å². The van der Waals surface area contributed by atoms with Crippen molar-refractivity contribution in [3.63, 3.8) is 0 Å². The van der Waals surface area contributed by atoms with Crippen LogP contribution in [0.3, 0.4) is 0 Å². The summed E-state index contributed by atoms with van der Waals surface area (Å²) in [6.07, 6.45) is 2.14. The number of thioether (sulfide) groups is 1. The molecule has 0 heterocycles. The first kappa shape index (κ1) is 13.4. The molecule has 1 amide bonds. The Labute approximate surface area is 113 Å². The standard InChI is InChI=1S/C14H20N2OS/c1-2-7-16-14-11-6-4-3-5-10(11)8-12(14)18-9-13(15)17/h3-6,12,14,16H,2,7-9H2,1H3,(H2,15,17). The highest BCUT2D eigenvalue weighted by atomic mass is 32.2. The van der Waals surface area contributed by atoms with Crippen molar-refractivity contribution >= 4 is 17.7 Å². The van der Waals surface area contributed by atoms with Crippen LogP contribution in [0.5, 0.6) is 0 Å². The molecule has 1 aliphatic rings. The molecular formula is C14H20N2OS. The summed E-state index contributed by atoms with van der Waals surface area (Å²) < 4.78 is 0. The predicted molar refractivity (Wildman–Crippen MR) is 76.6 cm³/mol. The number of fused-ring (bicyclic) bond motifs is 1. The number of hydrogen-bond acceptors (Lipinski definition) is 3. The number of nitrogens with one attached hydrogen (secondary N) is 1. The van der Waals surface area contributed by atoms with Gasteiger partial charge in [-0.3, -0.25) is 4.79 Å². The molecular weight excluding hydrogens is 244 g/mol. The van der Waals surface area contributed by atoms with Crippen molar-refractivity contribution in [3.05, 3.63) is 35.4 Å². The van der Waals surface area contributed by atoms with Crippen molar-refractivity contribution < 1.29 is 4.79 Å². The predicted octanol–water partition coefficient (Wildman–Crippen LogP) is 1.87. The van der Waals surface area contributed by atoms with E-state index in [1.54, 1.807) is 11.8 Å². The minimum Gasteiger partial charge on any atom is -0.369 e. The number of hydrogen-bond donors (Lipinski definition) is 2. The van der Waals surface area contributed by atoms with Crippen LogP contribution in [0.4, 0.5) is 0 Å². The largest absolute Gasteiger partial charge is 0.369 e. The minimum atomic E-state index is -0.231. The van der Waals surface area contributed by atoms with E-state index in [2.05, 4.69) is 36.5 Å². The molecule has 4 heteroatoms. The molecule has 3 N–H and O–H groups in total. The molecule has 2 rings (SSSR count). The van der Waals surface area contributed by atoms with E-state index < -0.39 is 0 Å². The number of carbonyl (C=O) groups is 1. The molecule has 1 aromatic rings. The van der Waals surface area contributed by atoms with Crippen molar-refractivity contribution in [2.75, 3.05) is 12.3 Å². The average molecular weight is 264 g/mol. The Morgan fingerprint density at radius 3 is 3.00 bits per heavy atom. The third-order valence-corrected chi connectivity index (χ3v) is 4.56. The van der Waals surface area contributed by atoms with Gasteiger partial charge in [0.1, 0.15) is 0 Å². The third-order valence-electron chi connectivity index (χ3n) is 3.24. The minimum absolute atomic E-state index is 0.231. The fraction of sp³-hybridized carbons (Fsp3) is 0.500. The molecule has 1 aliphatic carbocycles. The molecule has 0 aromatic heterocycles. The van der Waals surface area contributed by atoms with E-state index in [-0.39, 0.29) is 5.91 Å². The summed E-state index contributed by atoms with van der Waals surface area (Å²) in [7, 11) is 0. The van der Waals surface area contributed by atoms with Crippen molar-refractivity contribution in [1.29, 1.82) is 0 Å². The molecule has 3 nitrogen and oxygen atoms in total. The normalized spacial score (nSPS) is 21.8. The first-order valence-electron chi connectivity index (χ1n) is 6.43. The maximum absolute atomic E-state index is 10.9. The van der Waals surface area contributed by atoms with E-state index in [9.17, 15) is 4.79 Å². The first-order valence-corrected chi connectivity index (χ1v) is 7.48. The average Bonchev–Trinajstić information content (AvgIpc) is 2.71. The lowest BCUT2D eigenvalue weighted by Gasteiger charge is -2.21. The van der Waals surface area contributed by atoms with Crippen molar-refractivity contribution in [1.82, 2.24) is 5.32 Å². The van der Waals surface area contributed by atoms with Crippen LogP contribution in [0, 0.1) is 0 Å². The summed E-state index contributed by atoms with van der Waals surface area (Å²) >= 11 is 1.67. The van der Waals surface area contributed by atoms with Gasteiger partial charge >= 0.3 is 0 Å². The zero-order valence-corrected chi connectivity index (χ0v) is 11.5. The Kier molecular flexibility index (Phi) is 4.66. The van der Waals surface area contributed by atoms with Gasteiger partial charge in [0, 0.05) is 11.3 Å². The molecule has 18 heavy (non-hydrogen) atoms. The molecule has 98 valence electrons. The summed E-state index contributed by atoms with van der Waals surface area (Å²) in [5.74, 6) is 0.174. The highest BCUT2D eigenvalue weighted by molar-refractivity contribution is 8.00. The van der Waals surface area contributed by atoms with Crippen LogP contribution in [0.15, 0.2) is 24.3 Å². The summed E-state index contributed by atoms with van der Waals surface area (Å²) in [5, 5.41) is 4.01. The molecule has 0 bridgehead atoms. The number of amides is 1. The molecule has 0 fully saturated rings. The van der Waals surface area contributed by atoms with E-state index in [0.717, 1.165) is 19.4 Å². The monoisotopic (exact) mass is 264 g/mol. The molecule has 0 saturated carbocycles. The van der Waals surface area contributed by atoms with Gasteiger partial charge in [0.2, 0.25) is 5.91 Å². The highest BCUT2D eigenvalue weighted by Gasteiger charge is 2.32. The molecule has 0 saturated heterocycles. The lowest BCUT2D eigenvalue weighted by atomic mass is 10.1. The number of benzene rings is 1. The van der Waals surface area contributed by atoms with Crippen molar-refractivity contribution in [3.8, 4) is 0 Å². The Balaban J connectivity index is 2.09. The van der Waals surface area contributed by atoms with E-state index in [1.807, 2.05) is 0 Å². The van der Waals surface area contributed by atoms with Gasteiger partial charge in [-0.05, 0) is 30.5 Å². The summed E-state index contributed by atoms with van der Waals surface area (Å²) in [6.45, 7) is 3.17. The number of rotatable bonds is 6. The smallest absolute Gasteiger partial charge is 0.227 e. The van der Waals surface area contributed by atoms with Crippen LogP contribution in [0.2, 0.25) is 0 Å². The molecule has 0 spiro atoms. The summed E-state index contributed by atoms with van der Waals surface area (Å²) in [4.78, 5) is 10.9. The van der Waals surface area contributed by atoms with Gasteiger partial charge in [-0.15, -0.1) is 11.8 Å². The zero-order chi connectivity index (χ0) is 13.0. The van der Waals surface area contributed by atoms with Gasteiger partial charge in [-0.2, -0.15) is 0 Å². The fourth-order valence-corrected chi connectivity index (χ4v) is 3.55. The van der Waals surface area contributed by atoms with E-state index in [4.69, 9.17) is 5.73 Å². The second-order valence-corrected chi connectivity index (χ2v) is 5.88. The van der Waals surface area contributed by atoms with Crippen LogP contribution in [-0.4, -0.2) is 23.5 Å². The van der Waals surface area contributed by atoms with Crippen molar-refractivity contribution in [2.45, 2.75) is 31.1 Å². The maximum atomic E-state index is 10.9. The van der Waals surface area contributed by atoms with Gasteiger partial charge in [0.25, 0.3) is 0 Å². The van der Waals surface area contributed by atoms with Crippen LogP contribution in [-0.2, 0) is 11.2 Å². The molecule has 2 unspecified atom stereocenters. The molecule has 0 aliphatic heterocycles. The molecule has 2 atom stereocenters. The summed E-state index contributed by atoms with van der Waals surface area (Å²) in [6, 6.07) is 8.89. The van der Waals surface area contributed by atoms with Crippen LogP contribution >= 0.6 is 11.8 Å².